The van der Waals surface area contributed by atoms with Gasteiger partial charge in [-0.3, -0.25) is 4.98 Å². The second kappa shape index (κ2) is 4.83. The van der Waals surface area contributed by atoms with Crippen LogP contribution in [0, 0.1) is 0 Å². The van der Waals surface area contributed by atoms with Crippen LogP contribution in [0.2, 0.25) is 0 Å². The smallest absolute Gasteiger partial charge is 0.191 e. The molecule has 0 unspecified atom stereocenters. The summed E-state index contributed by atoms with van der Waals surface area (Å²) in [5.41, 5.74) is 17.3. The zero-order valence-corrected chi connectivity index (χ0v) is 9.68. The van der Waals surface area contributed by atoms with Gasteiger partial charge in [0.15, 0.2) is 5.16 Å². The van der Waals surface area contributed by atoms with Crippen molar-refractivity contribution in [2.45, 2.75) is 10.9 Å². The van der Waals surface area contributed by atoms with E-state index in [1.165, 1.54) is 24.0 Å². The van der Waals surface area contributed by atoms with Gasteiger partial charge in [-0.15, -0.1) is 0 Å². The first-order valence-electron chi connectivity index (χ1n) is 4.73. The molecule has 8 heteroatoms. The van der Waals surface area contributed by atoms with Crippen molar-refractivity contribution < 1.29 is 0 Å². The molecule has 0 spiro atoms. The molecule has 0 radical (unpaired) electrons. The van der Waals surface area contributed by atoms with Gasteiger partial charge in [-0.1, -0.05) is 11.8 Å². The molecular weight excluding hydrogens is 238 g/mol. The van der Waals surface area contributed by atoms with Crippen LogP contribution in [-0.4, -0.2) is 19.9 Å². The quantitative estimate of drug-likeness (QED) is 0.523. The maximum atomic E-state index is 5.56. The number of hydrogen-bond acceptors (Lipinski definition) is 8. The molecule has 2 aromatic rings. The van der Waals surface area contributed by atoms with Gasteiger partial charge in [0.1, 0.15) is 17.5 Å². The molecule has 0 fully saturated rings. The van der Waals surface area contributed by atoms with Gasteiger partial charge < -0.3 is 17.2 Å². The highest BCUT2D eigenvalue weighted by atomic mass is 32.2. The molecule has 2 heterocycles. The van der Waals surface area contributed by atoms with E-state index in [0.29, 0.717) is 28.4 Å². The van der Waals surface area contributed by atoms with Crippen LogP contribution in [0.25, 0.3) is 0 Å². The summed E-state index contributed by atoms with van der Waals surface area (Å²) in [6, 6.07) is 1.51. The summed E-state index contributed by atoms with van der Waals surface area (Å²) in [5, 5.41) is 0.515. The summed E-state index contributed by atoms with van der Waals surface area (Å²) in [7, 11) is 0. The predicted octanol–water partition coefficient (Wildman–Crippen LogP) is 0.305. The Morgan fingerprint density at radius 2 is 1.65 bits per heavy atom. The number of thioether (sulfide) groups is 1. The number of nitrogens with two attached hydrogens (primary N) is 3. The fraction of sp³-hybridized carbons (Fsp3) is 0.111. The lowest BCUT2D eigenvalue weighted by Crippen LogP contribution is -2.00. The van der Waals surface area contributed by atoms with Gasteiger partial charge in [0.05, 0.1) is 18.1 Å². The first-order valence-corrected chi connectivity index (χ1v) is 5.71. The zero-order chi connectivity index (χ0) is 12.3. The molecule has 0 saturated heterocycles. The van der Waals surface area contributed by atoms with E-state index in [1.807, 2.05) is 0 Å². The molecule has 0 atom stereocenters. The fourth-order valence-corrected chi connectivity index (χ4v) is 1.87. The molecule has 6 N–H and O–H groups in total. The minimum atomic E-state index is 0.350. The molecule has 0 bridgehead atoms. The van der Waals surface area contributed by atoms with E-state index >= 15 is 0 Å². The van der Waals surface area contributed by atoms with E-state index in [0.717, 1.165) is 5.69 Å². The minimum Gasteiger partial charge on any atom is -0.383 e. The molecule has 0 aromatic carbocycles. The predicted molar refractivity (Wildman–Crippen MR) is 66.9 cm³/mol. The van der Waals surface area contributed by atoms with Gasteiger partial charge in [0.2, 0.25) is 0 Å². The van der Waals surface area contributed by atoms with Gasteiger partial charge >= 0.3 is 0 Å². The van der Waals surface area contributed by atoms with Crippen LogP contribution in [0.1, 0.15) is 5.69 Å². The average molecular weight is 249 g/mol. The zero-order valence-electron chi connectivity index (χ0n) is 8.87. The van der Waals surface area contributed by atoms with Crippen LogP contribution in [-0.2, 0) is 5.75 Å². The molecule has 0 amide bonds. The molecule has 0 saturated carbocycles. The third-order valence-electron chi connectivity index (χ3n) is 1.82. The molecule has 2 rings (SSSR count). The number of nitrogens with zero attached hydrogens (tertiary/aromatic N) is 4. The third kappa shape index (κ3) is 3.18. The van der Waals surface area contributed by atoms with Crippen LogP contribution >= 0.6 is 11.8 Å². The number of nitrogen functional groups attached to an aromatic ring is 3. The Labute approximate surface area is 102 Å². The molecule has 17 heavy (non-hydrogen) atoms. The number of rotatable bonds is 3. The molecule has 7 nitrogen and oxygen atoms in total. The molecule has 0 aliphatic heterocycles. The Hall–Kier alpha value is -2.09. The van der Waals surface area contributed by atoms with Crippen molar-refractivity contribution in [3.63, 3.8) is 0 Å². The maximum absolute atomic E-state index is 5.56. The van der Waals surface area contributed by atoms with E-state index < -0.39 is 0 Å². The van der Waals surface area contributed by atoms with E-state index in [9.17, 15) is 0 Å². The lowest BCUT2D eigenvalue weighted by Gasteiger charge is -2.02. The monoisotopic (exact) mass is 249 g/mol. The summed E-state index contributed by atoms with van der Waals surface area (Å²) in [4.78, 5) is 16.1. The van der Waals surface area contributed by atoms with Gasteiger partial charge in [0, 0.05) is 11.8 Å². The van der Waals surface area contributed by atoms with Crippen molar-refractivity contribution >= 4 is 29.2 Å². The van der Waals surface area contributed by atoms with Crippen molar-refractivity contribution in [1.29, 1.82) is 0 Å². The van der Waals surface area contributed by atoms with Gasteiger partial charge in [-0.05, 0) is 0 Å². The average Bonchev–Trinajstić information content (AvgIpc) is 2.27. The summed E-state index contributed by atoms with van der Waals surface area (Å²) >= 11 is 1.38. The van der Waals surface area contributed by atoms with Gasteiger partial charge in [-0.25, -0.2) is 15.0 Å². The van der Waals surface area contributed by atoms with Crippen molar-refractivity contribution in [3.05, 3.63) is 24.2 Å². The Bertz CT molecular complexity index is 493. The van der Waals surface area contributed by atoms with Crippen molar-refractivity contribution in [2.75, 3.05) is 17.2 Å². The lowest BCUT2D eigenvalue weighted by molar-refractivity contribution is 0.980. The molecular formula is C9H11N7S. The Kier molecular flexibility index (Phi) is 3.24. The van der Waals surface area contributed by atoms with Gasteiger partial charge in [-0.2, -0.15) is 0 Å². The molecule has 2 aromatic heterocycles. The fourth-order valence-electron chi connectivity index (χ4n) is 1.10. The van der Waals surface area contributed by atoms with E-state index in [4.69, 9.17) is 17.2 Å². The number of anilines is 3. The maximum Gasteiger partial charge on any atom is 0.191 e. The van der Waals surface area contributed by atoms with E-state index in [1.54, 1.807) is 6.20 Å². The van der Waals surface area contributed by atoms with Crippen LogP contribution in [0.5, 0.6) is 0 Å². The Balaban J connectivity index is 2.04. The summed E-state index contributed by atoms with van der Waals surface area (Å²) in [6.45, 7) is 0. The van der Waals surface area contributed by atoms with E-state index in [-0.39, 0.29) is 0 Å². The normalized spacial score (nSPS) is 10.4. The third-order valence-corrected chi connectivity index (χ3v) is 2.70. The van der Waals surface area contributed by atoms with Crippen LogP contribution < -0.4 is 17.2 Å². The Morgan fingerprint density at radius 1 is 0.941 bits per heavy atom. The SMILES string of the molecule is Nc1cnc(CSc2nc(N)cc(N)n2)cn1. The first-order chi connectivity index (χ1) is 8.13. The second-order valence-electron chi connectivity index (χ2n) is 3.22. The highest BCUT2D eigenvalue weighted by Crippen LogP contribution is 2.19. The van der Waals surface area contributed by atoms with Crippen LogP contribution in [0.4, 0.5) is 17.5 Å². The van der Waals surface area contributed by atoms with Crippen molar-refractivity contribution in [1.82, 2.24) is 19.9 Å². The molecule has 0 aliphatic rings. The van der Waals surface area contributed by atoms with Crippen molar-refractivity contribution in [2.24, 2.45) is 0 Å². The summed E-state index contributed by atoms with van der Waals surface area (Å²) < 4.78 is 0. The first kappa shape index (κ1) is 11.4. The standard InChI is InChI=1S/C9H11N7S/c10-6-1-7(11)16-9(15-6)17-4-5-2-14-8(12)3-13-5/h1-3H,4H2,(H2,12,14)(H4,10,11,15,16). The summed E-state index contributed by atoms with van der Waals surface area (Å²) in [5.74, 6) is 1.67. The van der Waals surface area contributed by atoms with E-state index in [2.05, 4.69) is 19.9 Å². The summed E-state index contributed by atoms with van der Waals surface area (Å²) in [6.07, 6.45) is 3.11. The topological polar surface area (TPSA) is 130 Å². The Morgan fingerprint density at radius 3 is 2.24 bits per heavy atom. The molecule has 0 aliphatic carbocycles. The van der Waals surface area contributed by atoms with Crippen LogP contribution in [0.15, 0.2) is 23.6 Å². The minimum absolute atomic E-state index is 0.350. The highest BCUT2D eigenvalue weighted by molar-refractivity contribution is 7.98. The lowest BCUT2D eigenvalue weighted by atomic mass is 10.5. The number of hydrogen-bond donors (Lipinski definition) is 3. The van der Waals surface area contributed by atoms with Gasteiger partial charge in [0.25, 0.3) is 0 Å². The second-order valence-corrected chi connectivity index (χ2v) is 4.16. The largest absolute Gasteiger partial charge is 0.383 e. The number of aromatic nitrogens is 4. The van der Waals surface area contributed by atoms with Crippen molar-refractivity contribution in [3.8, 4) is 0 Å². The van der Waals surface area contributed by atoms with Crippen LogP contribution in [0.3, 0.4) is 0 Å². The highest BCUT2D eigenvalue weighted by Gasteiger charge is 2.03. The molecule has 88 valence electrons.